The van der Waals surface area contributed by atoms with Crippen LogP contribution in [0.5, 0.6) is 5.75 Å². The molecule has 0 unspecified atom stereocenters. The summed E-state index contributed by atoms with van der Waals surface area (Å²) in [4.78, 5) is 24.1. The van der Waals surface area contributed by atoms with Crippen molar-refractivity contribution >= 4 is 22.5 Å². The van der Waals surface area contributed by atoms with E-state index in [1.807, 2.05) is 44.2 Å². The Bertz CT molecular complexity index is 853. The van der Waals surface area contributed by atoms with Crippen molar-refractivity contribution < 1.29 is 14.7 Å². The van der Waals surface area contributed by atoms with Crippen molar-refractivity contribution in [1.29, 1.82) is 0 Å². The molecular formula is C19H20N2O3. The van der Waals surface area contributed by atoms with Gasteiger partial charge in [0.05, 0.1) is 5.56 Å². The van der Waals surface area contributed by atoms with Crippen LogP contribution < -0.4 is 10.9 Å². The van der Waals surface area contributed by atoms with Crippen LogP contribution in [0, 0.1) is 5.41 Å². The molecule has 1 aliphatic carbocycles. The highest BCUT2D eigenvalue weighted by Crippen LogP contribution is 2.30. The number of phenolic OH excluding ortho intramolecular Hbond substituents is 1. The normalized spacial score (nSPS) is 16.6. The largest absolute Gasteiger partial charge is 0.507 e. The Morgan fingerprint density at radius 1 is 1.17 bits per heavy atom. The number of ketones is 1. The summed E-state index contributed by atoms with van der Waals surface area (Å²) in [7, 11) is 0. The molecule has 124 valence electrons. The van der Waals surface area contributed by atoms with E-state index in [0.717, 1.165) is 10.8 Å². The van der Waals surface area contributed by atoms with E-state index >= 15 is 0 Å². The Kier molecular flexibility index (Phi) is 4.01. The monoisotopic (exact) mass is 324 g/mol. The summed E-state index contributed by atoms with van der Waals surface area (Å²) in [6.07, 6.45) is 2.72. The number of rotatable bonds is 3. The van der Waals surface area contributed by atoms with Gasteiger partial charge in [-0.3, -0.25) is 15.0 Å². The number of hydrogen-bond donors (Lipinski definition) is 3. The highest BCUT2D eigenvalue weighted by atomic mass is 16.3. The van der Waals surface area contributed by atoms with E-state index in [9.17, 15) is 14.7 Å². The lowest BCUT2D eigenvalue weighted by atomic mass is 9.81. The van der Waals surface area contributed by atoms with Gasteiger partial charge < -0.3 is 10.5 Å². The molecule has 2 aromatic carbocycles. The number of nitrogens with one attached hydrogen (secondary N) is 2. The standard InChI is InChI=1S/C19H20N2O3/c1-19(2)10-14(9-15(22)11-19)20-21-18(24)16-7-12-5-3-4-6-13(12)8-17(16)23/h3-8,10,20,23H,9,11H2,1-2H3,(H,21,24). The van der Waals surface area contributed by atoms with E-state index < -0.39 is 5.91 Å². The van der Waals surface area contributed by atoms with Crippen LogP contribution in [0.2, 0.25) is 0 Å². The molecule has 0 heterocycles. The predicted molar refractivity (Wildman–Crippen MR) is 92.3 cm³/mol. The van der Waals surface area contributed by atoms with Crippen molar-refractivity contribution in [3.8, 4) is 5.75 Å². The van der Waals surface area contributed by atoms with Crippen LogP contribution in [0.3, 0.4) is 0 Å². The van der Waals surface area contributed by atoms with E-state index in [-0.39, 0.29) is 28.9 Å². The SMILES string of the molecule is CC1(C)C=C(NNC(=O)c2cc3ccccc3cc2O)CC(=O)C1. The van der Waals surface area contributed by atoms with Crippen LogP contribution in [-0.2, 0) is 4.79 Å². The third-order valence-electron chi connectivity index (χ3n) is 4.05. The van der Waals surface area contributed by atoms with Gasteiger partial charge in [0.1, 0.15) is 11.5 Å². The van der Waals surface area contributed by atoms with Crippen LogP contribution in [-0.4, -0.2) is 16.8 Å². The third-order valence-corrected chi connectivity index (χ3v) is 4.05. The topological polar surface area (TPSA) is 78.4 Å². The Morgan fingerprint density at radius 2 is 1.83 bits per heavy atom. The molecule has 5 nitrogen and oxygen atoms in total. The number of fused-ring (bicyclic) bond motifs is 1. The van der Waals surface area contributed by atoms with Crippen molar-refractivity contribution in [2.45, 2.75) is 26.7 Å². The van der Waals surface area contributed by atoms with Crippen LogP contribution in [0.15, 0.2) is 48.2 Å². The maximum absolute atomic E-state index is 12.3. The second-order valence-corrected chi connectivity index (χ2v) is 6.85. The number of hydrogen-bond acceptors (Lipinski definition) is 4. The van der Waals surface area contributed by atoms with E-state index in [1.165, 1.54) is 0 Å². The highest BCUT2D eigenvalue weighted by molar-refractivity contribution is 6.01. The number of Topliss-reactive ketones (excluding diaryl/α,β-unsaturated/α-hetero) is 1. The minimum atomic E-state index is -0.449. The first-order valence-corrected chi connectivity index (χ1v) is 7.86. The smallest absolute Gasteiger partial charge is 0.273 e. The number of carbonyl (C=O) groups excluding carboxylic acids is 2. The number of phenols is 1. The first-order chi connectivity index (χ1) is 11.3. The quantitative estimate of drug-likeness (QED) is 0.758. The Balaban J connectivity index is 1.77. The van der Waals surface area contributed by atoms with Gasteiger partial charge in [-0.25, -0.2) is 0 Å². The molecule has 0 radical (unpaired) electrons. The third kappa shape index (κ3) is 3.40. The molecule has 0 aromatic heterocycles. The average Bonchev–Trinajstić information content (AvgIpc) is 2.50. The number of benzene rings is 2. The molecule has 24 heavy (non-hydrogen) atoms. The molecule has 0 saturated heterocycles. The van der Waals surface area contributed by atoms with Gasteiger partial charge in [0.15, 0.2) is 0 Å². The van der Waals surface area contributed by atoms with Gasteiger partial charge in [0.25, 0.3) is 5.91 Å². The Labute approximate surface area is 140 Å². The van der Waals surface area contributed by atoms with Crippen molar-refractivity contribution in [2.24, 2.45) is 5.41 Å². The van der Waals surface area contributed by atoms with E-state index in [4.69, 9.17) is 0 Å². The molecule has 3 N–H and O–H groups in total. The molecule has 0 bridgehead atoms. The molecule has 0 atom stereocenters. The van der Waals surface area contributed by atoms with Crippen LogP contribution in [0.1, 0.15) is 37.0 Å². The highest BCUT2D eigenvalue weighted by Gasteiger charge is 2.26. The van der Waals surface area contributed by atoms with Gasteiger partial charge in [-0.05, 0) is 28.3 Å². The number of amides is 1. The maximum Gasteiger partial charge on any atom is 0.273 e. The van der Waals surface area contributed by atoms with Gasteiger partial charge in [0.2, 0.25) is 0 Å². The molecule has 1 amide bonds. The Morgan fingerprint density at radius 3 is 2.50 bits per heavy atom. The summed E-state index contributed by atoms with van der Waals surface area (Å²) in [5, 5.41) is 11.8. The first kappa shape index (κ1) is 16.1. The second kappa shape index (κ2) is 6.00. The summed E-state index contributed by atoms with van der Waals surface area (Å²) in [6.45, 7) is 3.95. The average molecular weight is 324 g/mol. The fourth-order valence-corrected chi connectivity index (χ4v) is 3.05. The lowest BCUT2D eigenvalue weighted by Crippen LogP contribution is -2.39. The zero-order chi connectivity index (χ0) is 17.3. The van der Waals surface area contributed by atoms with E-state index in [0.29, 0.717) is 12.1 Å². The van der Waals surface area contributed by atoms with E-state index in [1.54, 1.807) is 12.1 Å². The summed E-state index contributed by atoms with van der Waals surface area (Å²) >= 11 is 0. The van der Waals surface area contributed by atoms with Crippen LogP contribution in [0.25, 0.3) is 10.8 Å². The molecule has 1 aliphatic rings. The van der Waals surface area contributed by atoms with E-state index in [2.05, 4.69) is 10.9 Å². The van der Waals surface area contributed by atoms with Crippen molar-refractivity contribution in [3.05, 3.63) is 53.7 Å². The molecule has 0 saturated carbocycles. The zero-order valence-corrected chi connectivity index (χ0v) is 13.7. The summed E-state index contributed by atoms with van der Waals surface area (Å²) in [5.74, 6) is -0.398. The maximum atomic E-state index is 12.3. The molecule has 0 fully saturated rings. The lowest BCUT2D eigenvalue weighted by molar-refractivity contribution is -0.120. The number of hydrazine groups is 1. The minimum Gasteiger partial charge on any atom is -0.507 e. The van der Waals surface area contributed by atoms with Gasteiger partial charge in [-0.1, -0.05) is 44.2 Å². The van der Waals surface area contributed by atoms with Crippen molar-refractivity contribution in [1.82, 2.24) is 10.9 Å². The minimum absolute atomic E-state index is 0.0815. The summed E-state index contributed by atoms with van der Waals surface area (Å²) in [5.41, 5.74) is 6.00. The fourth-order valence-electron chi connectivity index (χ4n) is 3.05. The van der Waals surface area contributed by atoms with Crippen molar-refractivity contribution in [3.63, 3.8) is 0 Å². The molecule has 3 rings (SSSR count). The molecule has 0 spiro atoms. The second-order valence-electron chi connectivity index (χ2n) is 6.85. The fraction of sp³-hybridized carbons (Fsp3) is 0.263. The van der Waals surface area contributed by atoms with Gasteiger partial charge in [-0.15, -0.1) is 0 Å². The molecular weight excluding hydrogens is 304 g/mol. The van der Waals surface area contributed by atoms with Crippen LogP contribution in [0.4, 0.5) is 0 Å². The number of carbonyl (C=O) groups is 2. The first-order valence-electron chi connectivity index (χ1n) is 7.86. The van der Waals surface area contributed by atoms with Gasteiger partial charge in [-0.2, -0.15) is 0 Å². The number of allylic oxidation sites excluding steroid dienone is 2. The predicted octanol–water partition coefficient (Wildman–Crippen LogP) is 3.05. The lowest BCUT2D eigenvalue weighted by Gasteiger charge is -2.27. The zero-order valence-electron chi connectivity index (χ0n) is 13.7. The summed E-state index contributed by atoms with van der Waals surface area (Å²) < 4.78 is 0. The molecule has 2 aromatic rings. The molecule has 5 heteroatoms. The van der Waals surface area contributed by atoms with Crippen LogP contribution >= 0.6 is 0 Å². The Hall–Kier alpha value is -2.82. The number of aromatic hydroxyl groups is 1. The van der Waals surface area contributed by atoms with Gasteiger partial charge >= 0.3 is 0 Å². The van der Waals surface area contributed by atoms with Gasteiger partial charge in [0, 0.05) is 18.5 Å². The van der Waals surface area contributed by atoms with Crippen molar-refractivity contribution in [2.75, 3.05) is 0 Å². The summed E-state index contributed by atoms with van der Waals surface area (Å²) in [6, 6.07) is 10.7. The molecule has 0 aliphatic heterocycles.